The molecule has 4 rings (SSSR count). The normalized spacial score (nSPS) is 12.4. The van der Waals surface area contributed by atoms with Gasteiger partial charge < -0.3 is 26.5 Å². The number of halogens is 1. The van der Waals surface area contributed by atoms with Crippen molar-refractivity contribution in [3.05, 3.63) is 41.2 Å². The first-order chi connectivity index (χ1) is 13.6. The number of aromatic amines is 1. The smallest absolute Gasteiger partial charge is 0.224 e. The van der Waals surface area contributed by atoms with Gasteiger partial charge in [-0.1, -0.05) is 23.7 Å². The third-order valence-corrected chi connectivity index (χ3v) is 4.66. The van der Waals surface area contributed by atoms with Gasteiger partial charge in [0, 0.05) is 17.5 Å². The van der Waals surface area contributed by atoms with Crippen LogP contribution < -0.4 is 16.4 Å². The number of benzene rings is 1. The van der Waals surface area contributed by atoms with Gasteiger partial charge in [0.1, 0.15) is 11.3 Å². The van der Waals surface area contributed by atoms with E-state index in [1.807, 2.05) is 25.1 Å². The van der Waals surface area contributed by atoms with Crippen LogP contribution >= 0.6 is 11.6 Å². The van der Waals surface area contributed by atoms with Crippen molar-refractivity contribution in [3.63, 3.8) is 0 Å². The lowest BCUT2D eigenvalue weighted by molar-refractivity contribution is 0.311. The first kappa shape index (κ1) is 18.2. The summed E-state index contributed by atoms with van der Waals surface area (Å²) in [7, 11) is 0. The zero-order valence-corrected chi connectivity index (χ0v) is 15.8. The van der Waals surface area contributed by atoms with Crippen LogP contribution in [0.25, 0.3) is 22.1 Å². The largest absolute Gasteiger partial charge is 0.395 e. The molecule has 1 unspecified atom stereocenters. The van der Waals surface area contributed by atoms with Crippen molar-refractivity contribution in [1.29, 1.82) is 0 Å². The van der Waals surface area contributed by atoms with Gasteiger partial charge in [-0.25, -0.2) is 9.97 Å². The van der Waals surface area contributed by atoms with E-state index in [9.17, 15) is 5.11 Å². The molecule has 0 amide bonds. The summed E-state index contributed by atoms with van der Waals surface area (Å²) in [6, 6.07) is 7.47. The lowest BCUT2D eigenvalue weighted by Gasteiger charge is -2.20. The summed E-state index contributed by atoms with van der Waals surface area (Å²) in [5.74, 6) is 1.32. The van der Waals surface area contributed by atoms with Gasteiger partial charge in [-0.05, 0) is 19.1 Å². The predicted molar refractivity (Wildman–Crippen MR) is 110 cm³/mol. The number of rotatable bonds is 6. The predicted octanol–water partition coefficient (Wildman–Crippen LogP) is 2.71. The Balaban J connectivity index is 1.76. The molecule has 0 saturated heterocycles. The number of hydrogen-bond donors (Lipinski definition) is 5. The topological polar surface area (TPSA) is 138 Å². The maximum atomic E-state index is 9.21. The molecule has 1 atom stereocenters. The van der Waals surface area contributed by atoms with Crippen LogP contribution in [0.2, 0.25) is 5.02 Å². The van der Waals surface area contributed by atoms with E-state index in [0.29, 0.717) is 39.9 Å². The number of imidazole rings is 1. The Morgan fingerprint density at radius 3 is 2.93 bits per heavy atom. The minimum Gasteiger partial charge on any atom is -0.395 e. The van der Waals surface area contributed by atoms with E-state index in [2.05, 4.69) is 35.6 Å². The number of hydrogen-bond acceptors (Lipinski definition) is 8. The average molecular weight is 399 g/mol. The van der Waals surface area contributed by atoms with Crippen molar-refractivity contribution in [3.8, 4) is 0 Å². The second kappa shape index (κ2) is 7.45. The summed E-state index contributed by atoms with van der Waals surface area (Å²) in [6.45, 7) is 2.34. The van der Waals surface area contributed by atoms with Gasteiger partial charge in [0.05, 0.1) is 29.5 Å². The van der Waals surface area contributed by atoms with E-state index in [4.69, 9.17) is 17.3 Å². The molecule has 0 spiro atoms. The van der Waals surface area contributed by atoms with E-state index in [-0.39, 0.29) is 18.6 Å². The number of nitrogens with zero attached hydrogens (tertiary/aromatic N) is 4. The highest BCUT2D eigenvalue weighted by molar-refractivity contribution is 6.35. The Morgan fingerprint density at radius 1 is 1.25 bits per heavy atom. The molecule has 0 aliphatic heterocycles. The van der Waals surface area contributed by atoms with Gasteiger partial charge in [-0.3, -0.25) is 0 Å². The SMILES string of the molecule is CC(Nc1nc(N)nc2nc[nH]c12)c1cc2cccc(Cl)c2nc1NCCO. The molecule has 28 heavy (non-hydrogen) atoms. The molecule has 0 radical (unpaired) electrons. The third kappa shape index (κ3) is 3.37. The van der Waals surface area contributed by atoms with E-state index in [1.54, 1.807) is 12.4 Å². The minimum atomic E-state index is -0.183. The molecule has 0 fully saturated rings. The maximum absolute atomic E-state index is 9.21. The molecule has 4 aromatic rings. The fourth-order valence-corrected chi connectivity index (χ4v) is 3.29. The van der Waals surface area contributed by atoms with Crippen LogP contribution in [0, 0.1) is 0 Å². The molecule has 3 heterocycles. The van der Waals surface area contributed by atoms with Gasteiger partial charge in [0.25, 0.3) is 0 Å². The summed E-state index contributed by atoms with van der Waals surface area (Å²) >= 11 is 6.30. The summed E-state index contributed by atoms with van der Waals surface area (Å²) in [6.07, 6.45) is 1.54. The highest BCUT2D eigenvalue weighted by atomic mass is 35.5. The lowest BCUT2D eigenvalue weighted by Crippen LogP contribution is -2.15. The second-order valence-electron chi connectivity index (χ2n) is 6.29. The van der Waals surface area contributed by atoms with Gasteiger partial charge in [0.15, 0.2) is 11.5 Å². The number of H-pyrrole nitrogens is 1. The number of nitrogen functional groups attached to an aromatic ring is 1. The fourth-order valence-electron chi connectivity index (χ4n) is 3.06. The number of anilines is 3. The molecule has 9 nitrogen and oxygen atoms in total. The summed E-state index contributed by atoms with van der Waals surface area (Å²) in [5.41, 5.74) is 8.55. The van der Waals surface area contributed by atoms with Crippen molar-refractivity contribution in [2.45, 2.75) is 13.0 Å². The maximum Gasteiger partial charge on any atom is 0.224 e. The van der Waals surface area contributed by atoms with Crippen LogP contribution in [0.3, 0.4) is 0 Å². The molecule has 0 aliphatic carbocycles. The molecule has 3 aromatic heterocycles. The number of para-hydroxylation sites is 1. The number of aromatic nitrogens is 5. The minimum absolute atomic E-state index is 0.0132. The monoisotopic (exact) mass is 398 g/mol. The van der Waals surface area contributed by atoms with Crippen LogP contribution in [-0.4, -0.2) is 43.2 Å². The van der Waals surface area contributed by atoms with Crippen molar-refractivity contribution in [2.24, 2.45) is 0 Å². The first-order valence-corrected chi connectivity index (χ1v) is 9.11. The second-order valence-corrected chi connectivity index (χ2v) is 6.69. The Hall–Kier alpha value is -3.17. The number of pyridine rings is 1. The van der Waals surface area contributed by atoms with Crippen molar-refractivity contribution >= 4 is 51.3 Å². The number of fused-ring (bicyclic) bond motifs is 2. The van der Waals surface area contributed by atoms with E-state index in [0.717, 1.165) is 10.9 Å². The Bertz CT molecular complexity index is 1150. The van der Waals surface area contributed by atoms with Crippen LogP contribution in [0.1, 0.15) is 18.5 Å². The lowest BCUT2D eigenvalue weighted by atomic mass is 10.1. The Morgan fingerprint density at radius 2 is 2.11 bits per heavy atom. The molecule has 0 aliphatic rings. The number of nitrogens with two attached hydrogens (primary N) is 1. The number of aliphatic hydroxyl groups is 1. The molecule has 1 aromatic carbocycles. The average Bonchev–Trinajstić information content (AvgIpc) is 3.14. The summed E-state index contributed by atoms with van der Waals surface area (Å²) in [5, 5.41) is 17.2. The third-order valence-electron chi connectivity index (χ3n) is 4.35. The van der Waals surface area contributed by atoms with Crippen LogP contribution in [0.15, 0.2) is 30.6 Å². The van der Waals surface area contributed by atoms with E-state index < -0.39 is 0 Å². The molecule has 6 N–H and O–H groups in total. The first-order valence-electron chi connectivity index (χ1n) is 8.74. The van der Waals surface area contributed by atoms with E-state index >= 15 is 0 Å². The van der Waals surface area contributed by atoms with Crippen LogP contribution in [-0.2, 0) is 0 Å². The molecule has 144 valence electrons. The van der Waals surface area contributed by atoms with Crippen LogP contribution in [0.5, 0.6) is 0 Å². The van der Waals surface area contributed by atoms with Gasteiger partial charge in [-0.15, -0.1) is 0 Å². The standard InChI is InChI=1S/C18H19ClN8O/c1-9(24-17-14-16(23-8-22-14)26-18(20)27-17)11-7-10-3-2-4-12(19)13(10)25-15(11)21-5-6-28/h2-4,7-9,28H,5-6H2,1H3,(H,21,25)(H4,20,22,23,24,26,27). The van der Waals surface area contributed by atoms with Crippen LogP contribution in [0.4, 0.5) is 17.6 Å². The van der Waals surface area contributed by atoms with Crippen molar-refractivity contribution < 1.29 is 5.11 Å². The highest BCUT2D eigenvalue weighted by Crippen LogP contribution is 2.31. The molecule has 0 saturated carbocycles. The highest BCUT2D eigenvalue weighted by Gasteiger charge is 2.17. The molecule has 0 bridgehead atoms. The number of nitrogens with one attached hydrogen (secondary N) is 3. The van der Waals surface area contributed by atoms with Gasteiger partial charge in [-0.2, -0.15) is 9.97 Å². The van der Waals surface area contributed by atoms with Crippen molar-refractivity contribution in [1.82, 2.24) is 24.9 Å². The Kier molecular flexibility index (Phi) is 4.84. The zero-order chi connectivity index (χ0) is 19.7. The quantitative estimate of drug-likeness (QED) is 0.334. The molecular formula is C18H19ClN8O. The van der Waals surface area contributed by atoms with E-state index in [1.165, 1.54) is 0 Å². The molecule has 10 heteroatoms. The van der Waals surface area contributed by atoms with Gasteiger partial charge in [0.2, 0.25) is 5.95 Å². The summed E-state index contributed by atoms with van der Waals surface area (Å²) in [4.78, 5) is 20.2. The summed E-state index contributed by atoms with van der Waals surface area (Å²) < 4.78 is 0. The van der Waals surface area contributed by atoms with Gasteiger partial charge >= 0.3 is 0 Å². The Labute approximate surface area is 165 Å². The number of aliphatic hydroxyl groups excluding tert-OH is 1. The zero-order valence-electron chi connectivity index (χ0n) is 15.1. The molecular weight excluding hydrogens is 380 g/mol. The fraction of sp³-hybridized carbons (Fsp3) is 0.222. The van der Waals surface area contributed by atoms with Crippen molar-refractivity contribution in [2.75, 3.05) is 29.5 Å².